The Balaban J connectivity index is 1.08. The van der Waals surface area contributed by atoms with E-state index < -0.39 is 0 Å². The van der Waals surface area contributed by atoms with Crippen molar-refractivity contribution in [3.05, 3.63) is 231 Å². The number of hydrogen-bond acceptors (Lipinski definition) is 2. The van der Waals surface area contributed by atoms with Gasteiger partial charge in [0.25, 0.3) is 0 Å². The molecule has 0 aliphatic rings. The van der Waals surface area contributed by atoms with Gasteiger partial charge in [0.15, 0.2) is 5.82 Å². The third-order valence-corrected chi connectivity index (χ3v) is 12.1. The fourth-order valence-electron chi connectivity index (χ4n) is 9.22. The van der Waals surface area contributed by atoms with Gasteiger partial charge in [0.05, 0.1) is 33.5 Å². The first kappa shape index (κ1) is 35.6. The Morgan fingerprint density at radius 1 is 0.258 bits per heavy atom. The molecular weight excluding hydrogens is 753 g/mol. The SMILES string of the molecule is c1ccc(-c2ccc(-n3c4ccccc4c4ccc5c6ccccc6n(-c6cccc(-c7cc(-c8ccccc8)nc(-c8cccc(-c9ccccc9)c8)n7)c6)c5c43)cc2)cc1. The van der Waals surface area contributed by atoms with E-state index in [0.29, 0.717) is 5.82 Å². The van der Waals surface area contributed by atoms with Crippen molar-refractivity contribution in [2.45, 2.75) is 0 Å². The summed E-state index contributed by atoms with van der Waals surface area (Å²) in [5.74, 6) is 0.686. The molecule has 9 aromatic carbocycles. The zero-order chi connectivity index (χ0) is 41.0. The maximum absolute atomic E-state index is 5.32. The Morgan fingerprint density at radius 2 is 0.710 bits per heavy atom. The van der Waals surface area contributed by atoms with Crippen LogP contribution in [0.2, 0.25) is 0 Å². The van der Waals surface area contributed by atoms with Crippen molar-refractivity contribution in [3.8, 4) is 67.5 Å². The van der Waals surface area contributed by atoms with Crippen LogP contribution in [-0.2, 0) is 0 Å². The highest BCUT2D eigenvalue weighted by atomic mass is 15.0. The quantitative estimate of drug-likeness (QED) is 0.161. The standard InChI is InChI=1S/C58H38N4/c1-4-16-39(17-5-1)41-30-32-46(33-31-41)61-54-28-12-10-26-48(54)50-34-35-51-49-27-11-13-29-55(49)62(57(51)56(50)61)47-25-15-23-44(37-47)53-38-52(42-20-8-3-9-21-42)59-58(60-53)45-24-14-22-43(36-45)40-18-6-2-7-19-40/h1-38H. The topological polar surface area (TPSA) is 35.6 Å². The van der Waals surface area contributed by atoms with Crippen molar-refractivity contribution in [2.75, 3.05) is 0 Å². The van der Waals surface area contributed by atoms with E-state index in [4.69, 9.17) is 9.97 Å². The van der Waals surface area contributed by atoms with E-state index in [0.717, 1.165) is 61.6 Å². The average molecular weight is 791 g/mol. The molecule has 0 atom stereocenters. The van der Waals surface area contributed by atoms with Gasteiger partial charge in [-0.2, -0.15) is 0 Å². The lowest BCUT2D eigenvalue weighted by atomic mass is 10.0. The molecule has 0 bridgehead atoms. The van der Waals surface area contributed by atoms with Gasteiger partial charge in [-0.05, 0) is 70.8 Å². The highest BCUT2D eigenvalue weighted by molar-refractivity contribution is 6.23. The minimum absolute atomic E-state index is 0.686. The van der Waals surface area contributed by atoms with Crippen molar-refractivity contribution in [1.29, 1.82) is 0 Å². The summed E-state index contributed by atoms with van der Waals surface area (Å²) in [6, 6.07) is 82.1. The van der Waals surface area contributed by atoms with Crippen LogP contribution in [-0.4, -0.2) is 19.1 Å². The highest BCUT2D eigenvalue weighted by Crippen LogP contribution is 2.42. The number of benzene rings is 9. The van der Waals surface area contributed by atoms with Crippen LogP contribution in [0.1, 0.15) is 0 Å². The first-order valence-corrected chi connectivity index (χ1v) is 21.1. The molecule has 3 aromatic heterocycles. The summed E-state index contributed by atoms with van der Waals surface area (Å²) in [4.78, 5) is 10.5. The van der Waals surface area contributed by atoms with Crippen molar-refractivity contribution < 1.29 is 0 Å². The number of nitrogens with zero attached hydrogens (tertiary/aromatic N) is 4. The monoisotopic (exact) mass is 790 g/mol. The third-order valence-electron chi connectivity index (χ3n) is 12.1. The van der Waals surface area contributed by atoms with Crippen molar-refractivity contribution >= 4 is 43.6 Å². The first-order valence-electron chi connectivity index (χ1n) is 21.1. The van der Waals surface area contributed by atoms with E-state index in [2.05, 4.69) is 228 Å². The summed E-state index contributed by atoms with van der Waals surface area (Å²) in [5.41, 5.74) is 16.3. The van der Waals surface area contributed by atoms with Crippen LogP contribution >= 0.6 is 0 Å². The van der Waals surface area contributed by atoms with E-state index in [1.165, 1.54) is 43.7 Å². The molecule has 0 saturated heterocycles. The lowest BCUT2D eigenvalue weighted by Gasteiger charge is -2.14. The van der Waals surface area contributed by atoms with Gasteiger partial charge < -0.3 is 9.13 Å². The second kappa shape index (κ2) is 14.7. The third kappa shape index (κ3) is 6.00. The normalized spacial score (nSPS) is 11.5. The van der Waals surface area contributed by atoms with E-state index in [1.807, 2.05) is 12.1 Å². The fraction of sp³-hybridized carbons (Fsp3) is 0. The molecule has 0 aliphatic heterocycles. The highest BCUT2D eigenvalue weighted by Gasteiger charge is 2.22. The zero-order valence-corrected chi connectivity index (χ0v) is 33.7. The Hall–Kier alpha value is -8.34. The summed E-state index contributed by atoms with van der Waals surface area (Å²) in [7, 11) is 0. The summed E-state index contributed by atoms with van der Waals surface area (Å²) in [5, 5.41) is 4.85. The lowest BCUT2D eigenvalue weighted by Crippen LogP contribution is -2.00. The van der Waals surface area contributed by atoms with Gasteiger partial charge in [-0.1, -0.05) is 182 Å². The van der Waals surface area contributed by atoms with Crippen LogP contribution in [0.5, 0.6) is 0 Å². The number of para-hydroxylation sites is 2. The number of fused-ring (bicyclic) bond motifs is 7. The van der Waals surface area contributed by atoms with Crippen LogP contribution in [0.3, 0.4) is 0 Å². The van der Waals surface area contributed by atoms with Gasteiger partial charge in [0.2, 0.25) is 0 Å². The maximum Gasteiger partial charge on any atom is 0.160 e. The second-order valence-electron chi connectivity index (χ2n) is 15.8. The molecule has 290 valence electrons. The van der Waals surface area contributed by atoms with Gasteiger partial charge in [-0.3, -0.25) is 0 Å². The molecule has 4 nitrogen and oxygen atoms in total. The molecule has 12 aromatic rings. The van der Waals surface area contributed by atoms with Gasteiger partial charge in [-0.15, -0.1) is 0 Å². The molecule has 62 heavy (non-hydrogen) atoms. The van der Waals surface area contributed by atoms with Crippen LogP contribution in [0.25, 0.3) is 111 Å². The molecule has 0 spiro atoms. The Morgan fingerprint density at radius 3 is 1.34 bits per heavy atom. The average Bonchev–Trinajstić information content (AvgIpc) is 3.88. The molecule has 0 unspecified atom stereocenters. The number of rotatable bonds is 7. The smallest absolute Gasteiger partial charge is 0.160 e. The lowest BCUT2D eigenvalue weighted by molar-refractivity contribution is 1.15. The molecule has 0 fully saturated rings. The second-order valence-corrected chi connectivity index (χ2v) is 15.8. The summed E-state index contributed by atoms with van der Waals surface area (Å²) in [6.45, 7) is 0. The summed E-state index contributed by atoms with van der Waals surface area (Å²) < 4.78 is 4.90. The van der Waals surface area contributed by atoms with E-state index >= 15 is 0 Å². The predicted octanol–water partition coefficient (Wildman–Crippen LogP) is 15.0. The maximum atomic E-state index is 5.32. The number of hydrogen-bond donors (Lipinski definition) is 0. The minimum Gasteiger partial charge on any atom is -0.307 e. The summed E-state index contributed by atoms with van der Waals surface area (Å²) in [6.07, 6.45) is 0. The van der Waals surface area contributed by atoms with Crippen LogP contribution in [0, 0.1) is 0 Å². The van der Waals surface area contributed by atoms with Crippen molar-refractivity contribution in [2.24, 2.45) is 0 Å². The van der Waals surface area contributed by atoms with E-state index in [9.17, 15) is 0 Å². The first-order chi connectivity index (χ1) is 30.7. The molecule has 3 heterocycles. The molecule has 12 rings (SSSR count). The van der Waals surface area contributed by atoms with Gasteiger partial charge in [0.1, 0.15) is 0 Å². The summed E-state index contributed by atoms with van der Waals surface area (Å²) >= 11 is 0. The van der Waals surface area contributed by atoms with Crippen LogP contribution in [0.4, 0.5) is 0 Å². The molecule has 0 radical (unpaired) electrons. The van der Waals surface area contributed by atoms with Gasteiger partial charge in [0, 0.05) is 49.6 Å². The largest absolute Gasteiger partial charge is 0.307 e. The Bertz CT molecular complexity index is 3600. The molecule has 0 saturated carbocycles. The van der Waals surface area contributed by atoms with Crippen LogP contribution in [0.15, 0.2) is 231 Å². The molecule has 0 aliphatic carbocycles. The van der Waals surface area contributed by atoms with Crippen molar-refractivity contribution in [1.82, 2.24) is 19.1 Å². The van der Waals surface area contributed by atoms with Gasteiger partial charge in [-0.25, -0.2) is 9.97 Å². The Labute approximate surface area is 359 Å². The molecular formula is C58H38N4. The molecule has 0 amide bonds. The van der Waals surface area contributed by atoms with E-state index in [-0.39, 0.29) is 0 Å². The van der Waals surface area contributed by atoms with Gasteiger partial charge >= 0.3 is 0 Å². The molecule has 0 N–H and O–H groups in total. The van der Waals surface area contributed by atoms with Crippen LogP contribution < -0.4 is 0 Å². The van der Waals surface area contributed by atoms with E-state index in [1.54, 1.807) is 0 Å². The Kier molecular flexibility index (Phi) is 8.46. The predicted molar refractivity (Wildman–Crippen MR) is 258 cm³/mol. The number of aromatic nitrogens is 4. The zero-order valence-electron chi connectivity index (χ0n) is 33.7. The van der Waals surface area contributed by atoms with Crippen molar-refractivity contribution in [3.63, 3.8) is 0 Å². The molecule has 4 heteroatoms. The fourth-order valence-corrected chi connectivity index (χ4v) is 9.22. The minimum atomic E-state index is 0.686.